The summed E-state index contributed by atoms with van der Waals surface area (Å²) in [5.41, 5.74) is 0.749. The molecule has 1 aromatic heterocycles. The minimum Gasteiger partial charge on any atom is -0.338 e. The van der Waals surface area contributed by atoms with Gasteiger partial charge in [-0.1, -0.05) is 12.1 Å². The van der Waals surface area contributed by atoms with E-state index in [2.05, 4.69) is 15.9 Å². The van der Waals surface area contributed by atoms with Crippen molar-refractivity contribution in [1.29, 1.82) is 0 Å². The van der Waals surface area contributed by atoms with Gasteiger partial charge in [0, 0.05) is 32.1 Å². The van der Waals surface area contributed by atoms with Crippen LogP contribution in [0.1, 0.15) is 25.3 Å². The summed E-state index contributed by atoms with van der Waals surface area (Å²) in [6, 6.07) is 9.56. The number of sulfonamides is 1. The molecule has 1 aliphatic rings. The maximum atomic E-state index is 13.4. The molecule has 0 bridgehead atoms. The van der Waals surface area contributed by atoms with Crippen molar-refractivity contribution in [3.8, 4) is 0 Å². The number of thiophene rings is 1. The van der Waals surface area contributed by atoms with E-state index in [-0.39, 0.29) is 17.6 Å². The molecule has 1 amide bonds. The Bertz CT molecular complexity index is 940. The summed E-state index contributed by atoms with van der Waals surface area (Å²) in [6.07, 6.45) is 0.981. The van der Waals surface area contributed by atoms with Crippen LogP contribution in [0.5, 0.6) is 0 Å². The minimum absolute atomic E-state index is 0.00248. The number of benzene rings is 1. The molecule has 28 heavy (non-hydrogen) atoms. The van der Waals surface area contributed by atoms with Crippen molar-refractivity contribution in [2.45, 2.75) is 30.5 Å². The molecule has 0 N–H and O–H groups in total. The number of carbonyl (C=O) groups is 1. The summed E-state index contributed by atoms with van der Waals surface area (Å²) in [5, 5.41) is 0. The van der Waals surface area contributed by atoms with E-state index in [0.717, 1.165) is 9.35 Å². The summed E-state index contributed by atoms with van der Waals surface area (Å²) in [7, 11) is -3.51. The first-order valence-corrected chi connectivity index (χ1v) is 12.1. The molecule has 1 saturated heterocycles. The first kappa shape index (κ1) is 21.4. The molecule has 1 aliphatic heterocycles. The lowest BCUT2D eigenvalue weighted by atomic mass is 9.96. The topological polar surface area (TPSA) is 57.7 Å². The predicted octanol–water partition coefficient (Wildman–Crippen LogP) is 4.10. The Hall–Kier alpha value is -1.29. The highest BCUT2D eigenvalue weighted by Crippen LogP contribution is 2.31. The normalized spacial score (nSPS) is 16.2. The SMILES string of the molecule is CCN(Cc1cccc(F)c1)C(=O)C1CCN(S(=O)(=O)c2ccc(Br)s2)CC1. The molecule has 0 saturated carbocycles. The maximum Gasteiger partial charge on any atom is 0.252 e. The third-order valence-corrected chi connectivity index (χ3v) is 8.89. The second-order valence-corrected chi connectivity index (χ2v) is 11.3. The molecule has 0 radical (unpaired) electrons. The van der Waals surface area contributed by atoms with Gasteiger partial charge in [0.2, 0.25) is 5.91 Å². The molecule has 2 aromatic rings. The number of rotatable bonds is 6. The fourth-order valence-electron chi connectivity index (χ4n) is 3.37. The van der Waals surface area contributed by atoms with Gasteiger partial charge in [0.15, 0.2) is 0 Å². The zero-order valence-corrected chi connectivity index (χ0v) is 18.7. The Balaban J connectivity index is 1.62. The van der Waals surface area contributed by atoms with Crippen molar-refractivity contribution in [3.05, 3.63) is 51.6 Å². The van der Waals surface area contributed by atoms with Crippen LogP contribution in [0.2, 0.25) is 0 Å². The summed E-state index contributed by atoms with van der Waals surface area (Å²) < 4.78 is 41.4. The summed E-state index contributed by atoms with van der Waals surface area (Å²) in [5.74, 6) is -0.530. The molecule has 0 aliphatic carbocycles. The third-order valence-electron chi connectivity index (χ3n) is 4.90. The van der Waals surface area contributed by atoms with Crippen molar-refractivity contribution < 1.29 is 17.6 Å². The third kappa shape index (κ3) is 4.82. The van der Waals surface area contributed by atoms with E-state index in [4.69, 9.17) is 0 Å². The minimum atomic E-state index is -3.51. The smallest absolute Gasteiger partial charge is 0.252 e. The molecule has 0 spiro atoms. The lowest BCUT2D eigenvalue weighted by Crippen LogP contribution is -2.44. The van der Waals surface area contributed by atoms with E-state index in [0.29, 0.717) is 43.2 Å². The number of amides is 1. The Labute approximate surface area is 177 Å². The predicted molar refractivity (Wildman–Crippen MR) is 111 cm³/mol. The first-order valence-electron chi connectivity index (χ1n) is 9.10. The molecule has 9 heteroatoms. The van der Waals surface area contributed by atoms with Gasteiger partial charge in [0.05, 0.1) is 3.79 Å². The molecule has 3 rings (SSSR count). The standard InChI is InChI=1S/C19H22BrFN2O3S2/c1-2-22(13-14-4-3-5-16(21)12-14)19(24)15-8-10-23(11-9-15)28(25,26)18-7-6-17(20)27-18/h3-7,12,15H,2,8-11,13H2,1H3. The van der Waals surface area contributed by atoms with Crippen molar-refractivity contribution in [3.63, 3.8) is 0 Å². The molecule has 0 unspecified atom stereocenters. The van der Waals surface area contributed by atoms with Gasteiger partial charge < -0.3 is 4.90 Å². The van der Waals surface area contributed by atoms with E-state index in [1.807, 2.05) is 6.92 Å². The molecular formula is C19H22BrFN2O3S2. The van der Waals surface area contributed by atoms with Crippen LogP contribution in [0.25, 0.3) is 0 Å². The molecule has 5 nitrogen and oxygen atoms in total. The summed E-state index contributed by atoms with van der Waals surface area (Å²) >= 11 is 4.48. The zero-order chi connectivity index (χ0) is 20.3. The van der Waals surface area contributed by atoms with Crippen LogP contribution in [0.4, 0.5) is 4.39 Å². The first-order chi connectivity index (χ1) is 13.3. The molecule has 1 fully saturated rings. The van der Waals surface area contributed by atoms with Gasteiger partial charge in [-0.15, -0.1) is 11.3 Å². The van der Waals surface area contributed by atoms with Crippen molar-refractivity contribution in [2.24, 2.45) is 5.92 Å². The maximum absolute atomic E-state index is 13.4. The van der Waals surface area contributed by atoms with Crippen molar-refractivity contribution in [2.75, 3.05) is 19.6 Å². The number of carbonyl (C=O) groups excluding carboxylic acids is 1. The molecule has 2 heterocycles. The fraction of sp³-hybridized carbons (Fsp3) is 0.421. The number of nitrogens with zero attached hydrogens (tertiary/aromatic N) is 2. The van der Waals surface area contributed by atoms with Crippen LogP contribution in [-0.2, 0) is 21.4 Å². The fourth-order valence-corrected chi connectivity index (χ4v) is 7.00. The van der Waals surface area contributed by atoms with E-state index in [1.165, 1.54) is 27.8 Å². The van der Waals surface area contributed by atoms with E-state index >= 15 is 0 Å². The highest BCUT2D eigenvalue weighted by molar-refractivity contribution is 9.11. The van der Waals surface area contributed by atoms with Crippen LogP contribution < -0.4 is 0 Å². The van der Waals surface area contributed by atoms with E-state index in [9.17, 15) is 17.6 Å². The average molecular weight is 489 g/mol. The van der Waals surface area contributed by atoms with Crippen molar-refractivity contribution in [1.82, 2.24) is 9.21 Å². The zero-order valence-electron chi connectivity index (χ0n) is 15.5. The Kier molecular flexibility index (Phi) is 6.90. The number of hydrogen-bond acceptors (Lipinski definition) is 4. The van der Waals surface area contributed by atoms with Gasteiger partial charge in [-0.3, -0.25) is 4.79 Å². The van der Waals surface area contributed by atoms with Gasteiger partial charge in [0.25, 0.3) is 10.0 Å². The Morgan fingerprint density at radius 3 is 2.57 bits per heavy atom. The molecule has 152 valence electrons. The summed E-state index contributed by atoms with van der Waals surface area (Å²) in [4.78, 5) is 14.6. The van der Waals surface area contributed by atoms with Crippen LogP contribution in [0.3, 0.4) is 0 Å². The summed E-state index contributed by atoms with van der Waals surface area (Å²) in [6.45, 7) is 3.43. The molecular weight excluding hydrogens is 467 g/mol. The second kappa shape index (κ2) is 9.02. The van der Waals surface area contributed by atoms with Crippen LogP contribution in [-0.4, -0.2) is 43.2 Å². The lowest BCUT2D eigenvalue weighted by molar-refractivity contribution is -0.137. The van der Waals surface area contributed by atoms with Gasteiger partial charge in [-0.25, -0.2) is 12.8 Å². The van der Waals surface area contributed by atoms with Crippen LogP contribution in [0.15, 0.2) is 44.4 Å². The van der Waals surface area contributed by atoms with Gasteiger partial charge in [0.1, 0.15) is 10.0 Å². The van der Waals surface area contributed by atoms with Gasteiger partial charge in [-0.2, -0.15) is 4.31 Å². The monoisotopic (exact) mass is 488 g/mol. The lowest BCUT2D eigenvalue weighted by Gasteiger charge is -2.33. The largest absolute Gasteiger partial charge is 0.338 e. The van der Waals surface area contributed by atoms with Crippen LogP contribution in [0, 0.1) is 11.7 Å². The highest BCUT2D eigenvalue weighted by atomic mass is 79.9. The second-order valence-electron chi connectivity index (χ2n) is 6.72. The number of hydrogen-bond donors (Lipinski definition) is 0. The van der Waals surface area contributed by atoms with E-state index in [1.54, 1.807) is 29.2 Å². The average Bonchev–Trinajstić information content (AvgIpc) is 3.13. The number of halogens is 2. The number of piperidine rings is 1. The quantitative estimate of drug-likeness (QED) is 0.614. The Morgan fingerprint density at radius 1 is 1.29 bits per heavy atom. The van der Waals surface area contributed by atoms with E-state index < -0.39 is 10.0 Å². The molecule has 0 atom stereocenters. The highest BCUT2D eigenvalue weighted by Gasteiger charge is 2.34. The van der Waals surface area contributed by atoms with Crippen molar-refractivity contribution >= 4 is 43.2 Å². The van der Waals surface area contributed by atoms with Crippen LogP contribution >= 0.6 is 27.3 Å². The molecule has 1 aromatic carbocycles. The Morgan fingerprint density at radius 2 is 2.00 bits per heavy atom. The van der Waals surface area contributed by atoms with Gasteiger partial charge in [-0.05, 0) is 65.5 Å². The van der Waals surface area contributed by atoms with Gasteiger partial charge >= 0.3 is 0 Å².